The number of carbonyl (C=O) groups excluding carboxylic acids is 3. The Labute approximate surface area is 199 Å². The van der Waals surface area contributed by atoms with Crippen molar-refractivity contribution in [2.75, 3.05) is 37.2 Å². The van der Waals surface area contributed by atoms with Gasteiger partial charge in [-0.1, -0.05) is 6.07 Å². The SMILES string of the molecule is COC(=O)[C@]1(CCSC)N[C@H](c2cccs2)[C@@H]2C(=O)N(c3ccc4c(c3)OCCO4)C(=O)[C@H]21. The maximum atomic E-state index is 13.9. The van der Waals surface area contributed by atoms with Crippen LogP contribution in [0.1, 0.15) is 17.3 Å². The first-order valence-corrected chi connectivity index (χ1v) is 12.9. The summed E-state index contributed by atoms with van der Waals surface area (Å²) in [4.78, 5) is 42.9. The van der Waals surface area contributed by atoms with Crippen LogP contribution in [-0.2, 0) is 19.1 Å². The number of carbonyl (C=O) groups is 3. The molecule has 3 aliphatic rings. The van der Waals surface area contributed by atoms with E-state index in [1.54, 1.807) is 30.0 Å². The molecule has 5 rings (SSSR count). The number of amides is 2. The summed E-state index contributed by atoms with van der Waals surface area (Å²) in [6, 6.07) is 8.40. The number of benzene rings is 1. The Balaban J connectivity index is 1.60. The van der Waals surface area contributed by atoms with Gasteiger partial charge in [-0.05, 0) is 42.0 Å². The minimum Gasteiger partial charge on any atom is -0.486 e. The zero-order valence-corrected chi connectivity index (χ0v) is 19.9. The van der Waals surface area contributed by atoms with Crippen LogP contribution in [0.3, 0.4) is 0 Å². The Morgan fingerprint density at radius 3 is 2.73 bits per heavy atom. The number of thioether (sulfide) groups is 1. The number of rotatable bonds is 6. The number of imide groups is 1. The molecule has 3 aliphatic heterocycles. The second-order valence-electron chi connectivity index (χ2n) is 8.19. The molecule has 4 atom stereocenters. The molecule has 4 heterocycles. The number of nitrogens with one attached hydrogen (secondary N) is 1. The lowest BCUT2D eigenvalue weighted by molar-refractivity contribution is -0.152. The van der Waals surface area contributed by atoms with E-state index in [1.165, 1.54) is 23.3 Å². The molecule has 2 amide bonds. The van der Waals surface area contributed by atoms with E-state index in [2.05, 4.69) is 5.32 Å². The molecule has 1 aromatic carbocycles. The van der Waals surface area contributed by atoms with Crippen molar-refractivity contribution in [2.45, 2.75) is 18.0 Å². The van der Waals surface area contributed by atoms with Crippen molar-refractivity contribution in [1.29, 1.82) is 0 Å². The van der Waals surface area contributed by atoms with Crippen LogP contribution < -0.4 is 19.7 Å². The number of esters is 1. The van der Waals surface area contributed by atoms with E-state index in [4.69, 9.17) is 14.2 Å². The molecule has 0 radical (unpaired) electrons. The highest BCUT2D eigenvalue weighted by molar-refractivity contribution is 7.98. The number of methoxy groups -OCH3 is 1. The first-order chi connectivity index (χ1) is 16.0. The third kappa shape index (κ3) is 3.43. The van der Waals surface area contributed by atoms with Crippen LogP contribution in [0.4, 0.5) is 5.69 Å². The number of fused-ring (bicyclic) bond motifs is 2. The molecular weight excluding hydrogens is 464 g/mol. The first kappa shape index (κ1) is 22.2. The molecule has 2 fully saturated rings. The van der Waals surface area contributed by atoms with Crippen LogP contribution in [-0.4, -0.2) is 55.7 Å². The number of ether oxygens (including phenoxy) is 3. The summed E-state index contributed by atoms with van der Waals surface area (Å²) in [5.74, 6) is -1.14. The number of nitrogens with zero attached hydrogens (tertiary/aromatic N) is 1. The lowest BCUT2D eigenvalue weighted by Crippen LogP contribution is -2.56. The second kappa shape index (κ2) is 8.66. The highest BCUT2D eigenvalue weighted by Gasteiger charge is 2.68. The quantitative estimate of drug-likeness (QED) is 0.490. The minimum absolute atomic E-state index is 0.331. The van der Waals surface area contributed by atoms with Crippen molar-refractivity contribution in [3.63, 3.8) is 0 Å². The van der Waals surface area contributed by atoms with Gasteiger partial charge in [0.05, 0.1) is 30.7 Å². The summed E-state index contributed by atoms with van der Waals surface area (Å²) < 4.78 is 16.4. The van der Waals surface area contributed by atoms with Crippen LogP contribution in [0.25, 0.3) is 0 Å². The van der Waals surface area contributed by atoms with Gasteiger partial charge in [-0.3, -0.25) is 19.7 Å². The Morgan fingerprint density at radius 1 is 1.24 bits per heavy atom. The molecule has 0 spiro atoms. The molecule has 1 N–H and O–H groups in total. The Kier molecular flexibility index (Phi) is 5.84. The average Bonchev–Trinajstić information content (AvgIpc) is 3.54. The van der Waals surface area contributed by atoms with Crippen LogP contribution >= 0.6 is 23.1 Å². The van der Waals surface area contributed by atoms with Crippen LogP contribution in [0, 0.1) is 11.8 Å². The van der Waals surface area contributed by atoms with Crippen molar-refractivity contribution in [1.82, 2.24) is 5.32 Å². The van der Waals surface area contributed by atoms with Gasteiger partial charge in [0.15, 0.2) is 11.5 Å². The number of anilines is 1. The third-order valence-electron chi connectivity index (χ3n) is 6.54. The van der Waals surface area contributed by atoms with E-state index in [9.17, 15) is 14.4 Å². The molecule has 0 bridgehead atoms. The fourth-order valence-corrected chi connectivity index (χ4v) is 6.45. The molecule has 0 unspecified atom stereocenters. The predicted molar refractivity (Wildman–Crippen MR) is 125 cm³/mol. The smallest absolute Gasteiger partial charge is 0.326 e. The molecule has 174 valence electrons. The summed E-state index contributed by atoms with van der Waals surface area (Å²) in [6.45, 7) is 0.845. The minimum atomic E-state index is -1.29. The van der Waals surface area contributed by atoms with E-state index in [0.29, 0.717) is 42.6 Å². The molecule has 1 aromatic heterocycles. The van der Waals surface area contributed by atoms with E-state index in [1.807, 2.05) is 23.8 Å². The first-order valence-electron chi connectivity index (χ1n) is 10.7. The van der Waals surface area contributed by atoms with Gasteiger partial charge in [0.1, 0.15) is 18.8 Å². The highest BCUT2D eigenvalue weighted by Crippen LogP contribution is 2.52. The normalized spacial score (nSPS) is 28.2. The molecule has 0 aliphatic carbocycles. The van der Waals surface area contributed by atoms with Crippen molar-refractivity contribution >= 4 is 46.6 Å². The fraction of sp³-hybridized carbons (Fsp3) is 0.435. The molecule has 2 saturated heterocycles. The van der Waals surface area contributed by atoms with E-state index >= 15 is 0 Å². The summed E-state index contributed by atoms with van der Waals surface area (Å²) in [5.41, 5.74) is -0.871. The van der Waals surface area contributed by atoms with Crippen molar-refractivity contribution in [3.8, 4) is 11.5 Å². The number of hydrogen-bond acceptors (Lipinski definition) is 9. The lowest BCUT2D eigenvalue weighted by Gasteiger charge is -2.32. The Hall–Kier alpha value is -2.56. The van der Waals surface area contributed by atoms with Gasteiger partial charge < -0.3 is 14.2 Å². The van der Waals surface area contributed by atoms with Crippen molar-refractivity contribution < 1.29 is 28.6 Å². The van der Waals surface area contributed by atoms with Gasteiger partial charge in [0.2, 0.25) is 11.8 Å². The fourth-order valence-electron chi connectivity index (χ4n) is 5.11. The van der Waals surface area contributed by atoms with E-state index in [-0.39, 0.29) is 5.91 Å². The monoisotopic (exact) mass is 488 g/mol. The van der Waals surface area contributed by atoms with E-state index in [0.717, 1.165) is 4.88 Å². The Bertz CT molecular complexity index is 1090. The lowest BCUT2D eigenvalue weighted by atomic mass is 9.78. The maximum Gasteiger partial charge on any atom is 0.326 e. The zero-order chi connectivity index (χ0) is 23.2. The van der Waals surface area contributed by atoms with Crippen LogP contribution in [0.15, 0.2) is 35.7 Å². The second-order valence-corrected chi connectivity index (χ2v) is 10.2. The molecule has 2 aromatic rings. The topological polar surface area (TPSA) is 94.2 Å². The van der Waals surface area contributed by atoms with Gasteiger partial charge in [0, 0.05) is 10.9 Å². The van der Waals surface area contributed by atoms with E-state index < -0.39 is 35.3 Å². The molecule has 10 heteroatoms. The molecule has 8 nitrogen and oxygen atoms in total. The van der Waals surface area contributed by atoms with Crippen molar-refractivity contribution in [2.24, 2.45) is 11.8 Å². The standard InChI is InChI=1S/C23H24N2O6S2/c1-29-22(28)23(7-11-32-2)18-17(19(24-23)16-4-3-10-33-16)20(26)25(21(18)27)13-5-6-14-15(12-13)31-9-8-30-14/h3-6,10,12,17-19,24H,7-9,11H2,1-2H3/t17-,18+,19-,23-/m1/s1. The summed E-state index contributed by atoms with van der Waals surface area (Å²) in [6.07, 6.45) is 2.31. The van der Waals surface area contributed by atoms with Gasteiger partial charge in [-0.15, -0.1) is 11.3 Å². The van der Waals surface area contributed by atoms with Gasteiger partial charge in [-0.2, -0.15) is 11.8 Å². The number of thiophene rings is 1. The highest BCUT2D eigenvalue weighted by atomic mass is 32.2. The molecular formula is C23H24N2O6S2. The zero-order valence-electron chi connectivity index (χ0n) is 18.2. The van der Waals surface area contributed by atoms with Gasteiger partial charge >= 0.3 is 5.97 Å². The Morgan fingerprint density at radius 2 is 2.03 bits per heavy atom. The van der Waals surface area contributed by atoms with Crippen molar-refractivity contribution in [3.05, 3.63) is 40.6 Å². The van der Waals surface area contributed by atoms with Gasteiger partial charge in [-0.25, -0.2) is 4.90 Å². The largest absolute Gasteiger partial charge is 0.486 e. The predicted octanol–water partition coefficient (Wildman–Crippen LogP) is 2.63. The van der Waals surface area contributed by atoms with Crippen LogP contribution in [0.5, 0.6) is 11.5 Å². The number of hydrogen-bond donors (Lipinski definition) is 1. The summed E-state index contributed by atoms with van der Waals surface area (Å²) >= 11 is 3.07. The summed E-state index contributed by atoms with van der Waals surface area (Å²) in [5, 5.41) is 5.31. The maximum absolute atomic E-state index is 13.9. The van der Waals surface area contributed by atoms with Crippen LogP contribution in [0.2, 0.25) is 0 Å². The molecule has 33 heavy (non-hydrogen) atoms. The third-order valence-corrected chi connectivity index (χ3v) is 8.11. The summed E-state index contributed by atoms with van der Waals surface area (Å²) in [7, 11) is 1.32. The average molecular weight is 489 g/mol. The van der Waals surface area contributed by atoms with Gasteiger partial charge in [0.25, 0.3) is 0 Å². The molecule has 0 saturated carbocycles.